The molecule has 38 heavy (non-hydrogen) atoms. The topological polar surface area (TPSA) is 86.8 Å². The molecule has 2 amide bonds. The van der Waals surface area contributed by atoms with Crippen LogP contribution in [0.4, 0.5) is 10.1 Å². The van der Waals surface area contributed by atoms with Crippen LogP contribution >= 0.6 is 23.2 Å². The number of hydrogen-bond donors (Lipinski definition) is 1. The smallest absolute Gasteiger partial charge is 0.244 e. The number of nitrogens with one attached hydrogen (secondary N) is 1. The van der Waals surface area contributed by atoms with Crippen LogP contribution in [0.1, 0.15) is 18.1 Å². The highest BCUT2D eigenvalue weighted by molar-refractivity contribution is 7.92. The number of nitrogens with zero attached hydrogens (tertiary/aromatic N) is 2. The van der Waals surface area contributed by atoms with Crippen LogP contribution in [0.25, 0.3) is 0 Å². The third-order valence-corrected chi connectivity index (χ3v) is 7.28. The lowest BCUT2D eigenvalue weighted by atomic mass is 10.0. The summed E-state index contributed by atoms with van der Waals surface area (Å²) in [4.78, 5) is 28.4. The highest BCUT2D eigenvalue weighted by Crippen LogP contribution is 2.27. The van der Waals surface area contributed by atoms with Gasteiger partial charge in [-0.1, -0.05) is 65.7 Å². The molecule has 202 valence electrons. The first kappa shape index (κ1) is 29.4. The van der Waals surface area contributed by atoms with Gasteiger partial charge in [-0.05, 0) is 48.4 Å². The number of carbonyl (C=O) groups is 2. The first-order chi connectivity index (χ1) is 18.0. The number of likely N-dealkylation sites (N-methyl/N-ethyl adjacent to an activating group) is 1. The van der Waals surface area contributed by atoms with Crippen molar-refractivity contribution >= 4 is 50.7 Å². The molecule has 0 radical (unpaired) electrons. The van der Waals surface area contributed by atoms with E-state index in [1.54, 1.807) is 6.92 Å². The van der Waals surface area contributed by atoms with E-state index in [1.165, 1.54) is 47.4 Å². The zero-order chi connectivity index (χ0) is 27.9. The quantitative estimate of drug-likeness (QED) is 0.357. The minimum Gasteiger partial charge on any atom is -0.355 e. The standard InChI is InChI=1S/C27H28Cl2FN3O4S/c1-3-31-27(35)25(13-19-7-5-4-6-8-19)32(17-20-9-11-23(30)12-10-20)26(34)18-33(38(2,36)37)24-15-21(28)14-22(29)16-24/h4-12,14-16,25H,3,13,17-18H2,1-2H3,(H,31,35)/t25-/m0/s1. The van der Waals surface area contributed by atoms with Crippen molar-refractivity contribution in [3.05, 3.63) is 99.8 Å². The van der Waals surface area contributed by atoms with E-state index in [0.29, 0.717) is 12.1 Å². The molecule has 0 aliphatic rings. The number of hydrogen-bond acceptors (Lipinski definition) is 4. The SMILES string of the molecule is CCNC(=O)[C@H](Cc1ccccc1)N(Cc1ccc(F)cc1)C(=O)CN(c1cc(Cl)cc(Cl)c1)S(C)(=O)=O. The van der Waals surface area contributed by atoms with E-state index in [2.05, 4.69) is 5.32 Å². The fourth-order valence-corrected chi connectivity index (χ4v) is 5.28. The number of sulfonamides is 1. The van der Waals surface area contributed by atoms with Gasteiger partial charge in [0.15, 0.2) is 0 Å². The molecule has 0 saturated carbocycles. The largest absolute Gasteiger partial charge is 0.355 e. The van der Waals surface area contributed by atoms with Crippen molar-refractivity contribution in [3.63, 3.8) is 0 Å². The van der Waals surface area contributed by atoms with Crippen LogP contribution in [0, 0.1) is 5.82 Å². The number of carbonyl (C=O) groups excluding carboxylic acids is 2. The van der Waals surface area contributed by atoms with E-state index in [9.17, 15) is 22.4 Å². The third-order valence-electron chi connectivity index (χ3n) is 5.70. The maximum absolute atomic E-state index is 13.9. The van der Waals surface area contributed by atoms with Crippen molar-refractivity contribution in [2.24, 2.45) is 0 Å². The van der Waals surface area contributed by atoms with Crippen molar-refractivity contribution in [1.29, 1.82) is 0 Å². The molecule has 0 saturated heterocycles. The third kappa shape index (κ3) is 8.18. The van der Waals surface area contributed by atoms with Crippen molar-refractivity contribution < 1.29 is 22.4 Å². The van der Waals surface area contributed by atoms with Gasteiger partial charge in [-0.2, -0.15) is 0 Å². The van der Waals surface area contributed by atoms with E-state index in [4.69, 9.17) is 23.2 Å². The Morgan fingerprint density at radius 3 is 2.11 bits per heavy atom. The average molecular weight is 581 g/mol. The molecule has 0 aromatic heterocycles. The van der Waals surface area contributed by atoms with Crippen LogP contribution in [0.3, 0.4) is 0 Å². The lowest BCUT2D eigenvalue weighted by molar-refractivity contribution is -0.140. The predicted octanol–water partition coefficient (Wildman–Crippen LogP) is 4.67. The van der Waals surface area contributed by atoms with Gasteiger partial charge in [0.25, 0.3) is 0 Å². The van der Waals surface area contributed by atoms with Crippen LogP contribution in [0.2, 0.25) is 10.0 Å². The van der Waals surface area contributed by atoms with Gasteiger partial charge < -0.3 is 10.2 Å². The van der Waals surface area contributed by atoms with Crippen LogP contribution in [-0.2, 0) is 32.6 Å². The first-order valence-corrected chi connectivity index (χ1v) is 14.4. The summed E-state index contributed by atoms with van der Waals surface area (Å²) < 4.78 is 40.0. The Kier molecular flexibility index (Phi) is 10.1. The normalized spacial score (nSPS) is 12.0. The molecule has 3 aromatic rings. The van der Waals surface area contributed by atoms with Crippen molar-refractivity contribution in [2.75, 3.05) is 23.7 Å². The second kappa shape index (κ2) is 13.1. The van der Waals surface area contributed by atoms with E-state index < -0.39 is 40.2 Å². The van der Waals surface area contributed by atoms with Gasteiger partial charge in [0, 0.05) is 29.6 Å². The Balaban J connectivity index is 2.05. The van der Waals surface area contributed by atoms with Gasteiger partial charge in [-0.15, -0.1) is 0 Å². The highest BCUT2D eigenvalue weighted by Gasteiger charge is 2.33. The molecule has 7 nitrogen and oxygen atoms in total. The molecule has 0 aliphatic heterocycles. The summed E-state index contributed by atoms with van der Waals surface area (Å²) in [6, 6.07) is 17.9. The summed E-state index contributed by atoms with van der Waals surface area (Å²) >= 11 is 12.2. The Morgan fingerprint density at radius 1 is 0.947 bits per heavy atom. The monoisotopic (exact) mass is 579 g/mol. The lowest BCUT2D eigenvalue weighted by Gasteiger charge is -2.33. The zero-order valence-electron chi connectivity index (χ0n) is 20.9. The minimum absolute atomic E-state index is 0.0539. The Morgan fingerprint density at radius 2 is 1.55 bits per heavy atom. The first-order valence-electron chi connectivity index (χ1n) is 11.8. The number of halogens is 3. The number of rotatable bonds is 11. The fourth-order valence-electron chi connectivity index (χ4n) is 3.93. The van der Waals surface area contributed by atoms with E-state index in [0.717, 1.165) is 16.1 Å². The molecular weight excluding hydrogens is 552 g/mol. The van der Waals surface area contributed by atoms with E-state index in [-0.39, 0.29) is 28.7 Å². The zero-order valence-corrected chi connectivity index (χ0v) is 23.2. The maximum Gasteiger partial charge on any atom is 0.244 e. The average Bonchev–Trinajstić information content (AvgIpc) is 2.85. The van der Waals surface area contributed by atoms with Gasteiger partial charge in [0.05, 0.1) is 11.9 Å². The summed E-state index contributed by atoms with van der Waals surface area (Å²) in [7, 11) is -3.96. The summed E-state index contributed by atoms with van der Waals surface area (Å²) in [6.45, 7) is 1.43. The van der Waals surface area contributed by atoms with Gasteiger partial charge in [-0.25, -0.2) is 12.8 Å². The van der Waals surface area contributed by atoms with Crippen molar-refractivity contribution in [1.82, 2.24) is 10.2 Å². The second-order valence-corrected chi connectivity index (χ2v) is 11.4. The number of benzene rings is 3. The molecule has 0 bridgehead atoms. The van der Waals surface area contributed by atoms with Crippen LogP contribution in [-0.4, -0.2) is 50.5 Å². The summed E-state index contributed by atoms with van der Waals surface area (Å²) in [5.41, 5.74) is 1.48. The number of amides is 2. The van der Waals surface area contributed by atoms with Gasteiger partial charge in [0.2, 0.25) is 21.8 Å². The Hall–Kier alpha value is -3.14. The summed E-state index contributed by atoms with van der Waals surface area (Å²) in [6.07, 6.45) is 1.14. The fraction of sp³-hybridized carbons (Fsp3) is 0.259. The molecule has 1 N–H and O–H groups in total. The molecule has 1 atom stereocenters. The minimum atomic E-state index is -3.96. The molecule has 0 heterocycles. The van der Waals surface area contributed by atoms with Crippen LogP contribution < -0.4 is 9.62 Å². The summed E-state index contributed by atoms with van der Waals surface area (Å²) in [5.74, 6) is -1.48. The molecule has 3 rings (SSSR count). The molecule has 0 fully saturated rings. The van der Waals surface area contributed by atoms with Gasteiger partial charge >= 0.3 is 0 Å². The van der Waals surface area contributed by atoms with Crippen molar-refractivity contribution in [2.45, 2.75) is 25.9 Å². The molecule has 11 heteroatoms. The van der Waals surface area contributed by atoms with E-state index in [1.807, 2.05) is 30.3 Å². The highest BCUT2D eigenvalue weighted by atomic mass is 35.5. The van der Waals surface area contributed by atoms with Crippen LogP contribution in [0.5, 0.6) is 0 Å². The lowest BCUT2D eigenvalue weighted by Crippen LogP contribution is -2.53. The molecular formula is C27H28Cl2FN3O4S. The number of anilines is 1. The molecule has 0 aliphatic carbocycles. The molecule has 0 unspecified atom stereocenters. The summed E-state index contributed by atoms with van der Waals surface area (Å²) in [5, 5.41) is 3.16. The van der Waals surface area contributed by atoms with Gasteiger partial charge in [0.1, 0.15) is 18.4 Å². The second-order valence-electron chi connectivity index (χ2n) is 8.65. The van der Waals surface area contributed by atoms with Crippen LogP contribution in [0.15, 0.2) is 72.8 Å². The van der Waals surface area contributed by atoms with E-state index >= 15 is 0 Å². The predicted molar refractivity (Wildman–Crippen MR) is 148 cm³/mol. The Labute approximate surface area is 232 Å². The molecule has 3 aromatic carbocycles. The van der Waals surface area contributed by atoms with Crippen molar-refractivity contribution in [3.8, 4) is 0 Å². The Bertz CT molecular complexity index is 1350. The van der Waals surface area contributed by atoms with Gasteiger partial charge in [-0.3, -0.25) is 13.9 Å². The maximum atomic E-state index is 13.9. The molecule has 0 spiro atoms.